The molecule has 10 heteroatoms. The van der Waals surface area contributed by atoms with Gasteiger partial charge < -0.3 is 0 Å². The molecule has 0 atom stereocenters. The highest BCUT2D eigenvalue weighted by atomic mass is 128. The van der Waals surface area contributed by atoms with Crippen molar-refractivity contribution in [1.29, 1.82) is 0 Å². The molecule has 0 aliphatic heterocycles. The average molecular weight is 762 g/mol. The molecular formula is C24H29I2NO3S4. The second kappa shape index (κ2) is 12.5. The Balaban J connectivity index is 0.00000199. The zero-order valence-electron chi connectivity index (χ0n) is 20.0. The van der Waals surface area contributed by atoms with Crippen molar-refractivity contribution in [3.8, 4) is 0 Å². The Bertz CT molecular complexity index is 1200. The van der Waals surface area contributed by atoms with Crippen LogP contribution in [0.2, 0.25) is 0 Å². The van der Waals surface area contributed by atoms with E-state index in [1.165, 1.54) is 22.3 Å². The first kappa shape index (κ1) is 30.2. The van der Waals surface area contributed by atoms with Crippen LogP contribution in [0.3, 0.4) is 0 Å². The second-order valence-electron chi connectivity index (χ2n) is 9.65. The highest BCUT2D eigenvalue weighted by Gasteiger charge is 2.31. The van der Waals surface area contributed by atoms with Gasteiger partial charge in [0.15, 0.2) is 0 Å². The van der Waals surface area contributed by atoms with Gasteiger partial charge >= 0.3 is 0 Å². The second-order valence-corrected chi connectivity index (χ2v) is 15.1. The molecule has 0 N–H and O–H groups in total. The van der Waals surface area contributed by atoms with Gasteiger partial charge in [-0.2, -0.15) is 0 Å². The summed E-state index contributed by atoms with van der Waals surface area (Å²) in [5, 5.41) is -0.159. The van der Waals surface area contributed by atoms with Gasteiger partial charge in [0.25, 0.3) is 0 Å². The van der Waals surface area contributed by atoms with Gasteiger partial charge in [-0.05, 0) is 22.5 Å². The molecule has 0 fully saturated rings. The summed E-state index contributed by atoms with van der Waals surface area (Å²) in [6.07, 6.45) is 3.22. The number of fused-ring (bicyclic) bond motifs is 1. The van der Waals surface area contributed by atoms with Crippen LogP contribution in [0.25, 0.3) is 16.3 Å². The van der Waals surface area contributed by atoms with E-state index in [0.717, 1.165) is 32.4 Å². The Kier molecular flexibility index (Phi) is 11.1. The lowest BCUT2D eigenvalue weighted by molar-refractivity contribution is -0.106. The largest absolute Gasteiger partial charge is 0.282 e. The quantitative estimate of drug-likeness (QED) is 0.186. The molecule has 186 valence electrons. The molecule has 3 rings (SSSR count). The van der Waals surface area contributed by atoms with E-state index < -0.39 is 9.84 Å². The van der Waals surface area contributed by atoms with Crippen molar-refractivity contribution in [2.24, 2.45) is 0 Å². The van der Waals surface area contributed by atoms with Crippen molar-refractivity contribution in [2.45, 2.75) is 56.7 Å². The maximum Gasteiger partial charge on any atom is 0.212 e. The molecule has 0 amide bonds. The minimum Gasteiger partial charge on any atom is -0.282 e. The standard InChI is InChI=1S/C24H29NO3S4.I2/c1-23(2,3)20-18-19(21(31-20)24(4,5)6)30-22(25-18)32(27,28)15-14-29-17(26)13-12-16-10-8-7-9-11-16;1-2/h7-13H,14-15H2,1-6H3;/b13-12+;. The minimum absolute atomic E-state index is 0.0899. The summed E-state index contributed by atoms with van der Waals surface area (Å²) in [5.74, 6) is 0.0861. The number of thiazole rings is 1. The van der Waals surface area contributed by atoms with Crippen LogP contribution in [-0.4, -0.2) is 30.0 Å². The number of thioether (sulfide) groups is 1. The lowest BCUT2D eigenvalue weighted by atomic mass is 9.92. The number of thiophene rings is 1. The van der Waals surface area contributed by atoms with E-state index in [9.17, 15) is 13.2 Å². The molecule has 0 radical (unpaired) electrons. The number of halogens is 2. The van der Waals surface area contributed by atoms with Crippen LogP contribution in [-0.2, 0) is 25.5 Å². The van der Waals surface area contributed by atoms with Crippen LogP contribution in [0.4, 0.5) is 0 Å². The third-order valence-corrected chi connectivity index (χ3v) is 11.2. The molecule has 0 saturated heterocycles. The molecule has 34 heavy (non-hydrogen) atoms. The Morgan fingerprint density at radius 2 is 1.59 bits per heavy atom. The molecular weight excluding hydrogens is 732 g/mol. The van der Waals surface area contributed by atoms with E-state index in [-0.39, 0.29) is 31.8 Å². The van der Waals surface area contributed by atoms with E-state index >= 15 is 0 Å². The first-order valence-electron chi connectivity index (χ1n) is 10.5. The van der Waals surface area contributed by atoms with Crippen molar-refractivity contribution < 1.29 is 13.2 Å². The summed E-state index contributed by atoms with van der Waals surface area (Å²) in [5.41, 5.74) is 1.54. The summed E-state index contributed by atoms with van der Waals surface area (Å²) >= 11 is 8.25. The molecule has 0 aliphatic carbocycles. The zero-order chi connectivity index (χ0) is 25.7. The number of rotatable bonds is 6. The number of hydrogen-bond acceptors (Lipinski definition) is 7. The minimum atomic E-state index is -3.56. The first-order chi connectivity index (χ1) is 15.8. The normalized spacial score (nSPS) is 12.7. The number of sulfone groups is 1. The van der Waals surface area contributed by atoms with Gasteiger partial charge in [0.2, 0.25) is 19.3 Å². The Labute approximate surface area is 238 Å². The van der Waals surface area contributed by atoms with Gasteiger partial charge in [0.1, 0.15) is 0 Å². The summed E-state index contributed by atoms with van der Waals surface area (Å²) < 4.78 is 27.1. The average Bonchev–Trinajstić information content (AvgIpc) is 3.33. The van der Waals surface area contributed by atoms with Crippen molar-refractivity contribution >= 4 is 103 Å². The van der Waals surface area contributed by atoms with Gasteiger partial charge in [-0.1, -0.05) is 89.7 Å². The van der Waals surface area contributed by atoms with Gasteiger partial charge in [-0.3, -0.25) is 4.79 Å². The predicted molar refractivity (Wildman–Crippen MR) is 168 cm³/mol. The summed E-state index contributed by atoms with van der Waals surface area (Å²) in [7, 11) is -3.56. The molecule has 0 aliphatic rings. The van der Waals surface area contributed by atoms with Crippen molar-refractivity contribution in [3.05, 3.63) is 51.7 Å². The Hall–Kier alpha value is -0.0200. The molecule has 4 nitrogen and oxygen atoms in total. The number of aromatic nitrogens is 1. The highest BCUT2D eigenvalue weighted by molar-refractivity contribution is 15.0. The van der Waals surface area contributed by atoms with Crippen molar-refractivity contribution in [2.75, 3.05) is 11.5 Å². The topological polar surface area (TPSA) is 64.1 Å². The van der Waals surface area contributed by atoms with Crippen molar-refractivity contribution in [3.63, 3.8) is 0 Å². The maximum atomic E-state index is 13.0. The third-order valence-electron chi connectivity index (χ3n) is 4.67. The van der Waals surface area contributed by atoms with Crippen LogP contribution < -0.4 is 0 Å². The van der Waals surface area contributed by atoms with E-state index in [0.29, 0.717) is 0 Å². The lowest BCUT2D eigenvalue weighted by Gasteiger charge is -2.18. The fourth-order valence-corrected chi connectivity index (χ4v) is 8.56. The van der Waals surface area contributed by atoms with E-state index in [1.54, 1.807) is 17.4 Å². The molecule has 0 saturated carbocycles. The molecule has 1 aromatic carbocycles. The lowest BCUT2D eigenvalue weighted by Crippen LogP contribution is -2.11. The molecule has 2 aromatic heterocycles. The summed E-state index contributed by atoms with van der Waals surface area (Å²) in [6.45, 7) is 12.8. The Morgan fingerprint density at radius 3 is 2.15 bits per heavy atom. The number of carbonyl (C=O) groups is 1. The van der Waals surface area contributed by atoms with E-state index in [1.807, 2.05) is 30.3 Å². The molecule has 3 aromatic rings. The fourth-order valence-electron chi connectivity index (χ4n) is 3.06. The van der Waals surface area contributed by atoms with Gasteiger partial charge in [0, 0.05) is 52.7 Å². The van der Waals surface area contributed by atoms with Gasteiger partial charge in [0.05, 0.1) is 16.0 Å². The van der Waals surface area contributed by atoms with Crippen LogP contribution >= 0.6 is 71.7 Å². The number of nitrogens with zero attached hydrogens (tertiary/aromatic N) is 1. The molecule has 0 unspecified atom stereocenters. The number of benzene rings is 1. The van der Waals surface area contributed by atoms with Gasteiger partial charge in [-0.15, -0.1) is 22.7 Å². The number of carbonyl (C=O) groups excluding carboxylic acids is 1. The summed E-state index contributed by atoms with van der Waals surface area (Å²) in [4.78, 5) is 19.0. The number of hydrogen-bond donors (Lipinski definition) is 0. The predicted octanol–water partition coefficient (Wildman–Crippen LogP) is 8.47. The third kappa shape index (κ3) is 7.99. The molecule has 0 bridgehead atoms. The Morgan fingerprint density at radius 1 is 1.00 bits per heavy atom. The molecule has 0 spiro atoms. The van der Waals surface area contributed by atoms with Crippen LogP contribution in [0.5, 0.6) is 0 Å². The van der Waals surface area contributed by atoms with Crippen LogP contribution in [0, 0.1) is 0 Å². The first-order valence-corrected chi connectivity index (χ1v) is 21.1. The maximum absolute atomic E-state index is 13.0. The van der Waals surface area contributed by atoms with Gasteiger partial charge in [-0.25, -0.2) is 13.4 Å². The van der Waals surface area contributed by atoms with Crippen LogP contribution in [0.1, 0.15) is 56.9 Å². The SMILES string of the molecule is CC(C)(C)c1sc(C(C)(C)C)c2sc(S(=O)(=O)CCSC(=O)/C=C/c3ccccc3)nc12.II. The highest BCUT2D eigenvalue weighted by Crippen LogP contribution is 2.46. The summed E-state index contributed by atoms with van der Waals surface area (Å²) in [6, 6.07) is 9.53. The monoisotopic (exact) mass is 761 g/mol. The van der Waals surface area contributed by atoms with E-state index in [2.05, 4.69) is 83.8 Å². The van der Waals surface area contributed by atoms with Crippen LogP contribution in [0.15, 0.2) is 40.7 Å². The molecule has 2 heterocycles. The van der Waals surface area contributed by atoms with E-state index in [4.69, 9.17) is 0 Å². The zero-order valence-corrected chi connectivity index (χ0v) is 27.6. The smallest absolute Gasteiger partial charge is 0.212 e. The van der Waals surface area contributed by atoms with Crippen molar-refractivity contribution in [1.82, 2.24) is 4.98 Å². The fraction of sp³-hybridized carbons (Fsp3) is 0.417.